The van der Waals surface area contributed by atoms with Crippen LogP contribution in [0.4, 0.5) is 10.6 Å². The third-order valence-electron chi connectivity index (χ3n) is 3.02. The van der Waals surface area contributed by atoms with Gasteiger partial charge in [-0.15, -0.1) is 0 Å². The zero-order valence-corrected chi connectivity index (χ0v) is 10.5. The topological polar surface area (TPSA) is 68.7 Å². The smallest absolute Gasteiger partial charge is 0.410 e. The van der Waals surface area contributed by atoms with Crippen LogP contribution in [0.5, 0.6) is 0 Å². The molecule has 0 aromatic carbocycles. The maximum atomic E-state index is 10.5. The fraction of sp³-hybridized carbons (Fsp3) is 0.500. The van der Waals surface area contributed by atoms with E-state index in [1.54, 1.807) is 6.07 Å². The number of pyridine rings is 1. The van der Waals surface area contributed by atoms with Crippen molar-refractivity contribution < 1.29 is 9.90 Å². The number of nitrogens with zero attached hydrogens (tertiary/aromatic N) is 3. The van der Waals surface area contributed by atoms with Crippen molar-refractivity contribution in [3.8, 4) is 0 Å². The summed E-state index contributed by atoms with van der Waals surface area (Å²) in [5.74, 6) is 0.383. The zero-order chi connectivity index (χ0) is 13.0. The Labute approximate surface area is 106 Å². The Morgan fingerprint density at radius 3 is 2.78 bits per heavy atom. The minimum atomic E-state index is -1.08. The van der Waals surface area contributed by atoms with Gasteiger partial charge < -0.3 is 10.0 Å². The summed E-state index contributed by atoms with van der Waals surface area (Å²) < 4.78 is 0. The first-order valence-electron chi connectivity index (χ1n) is 6.00. The van der Waals surface area contributed by atoms with E-state index in [4.69, 9.17) is 5.11 Å². The minimum Gasteiger partial charge on any atom is -0.465 e. The van der Waals surface area contributed by atoms with Crippen molar-refractivity contribution in [1.29, 1.82) is 0 Å². The van der Waals surface area contributed by atoms with E-state index < -0.39 is 6.09 Å². The number of carbonyl (C=O) groups is 1. The Morgan fingerprint density at radius 1 is 1.39 bits per heavy atom. The standard InChI is InChI=1S/C12H18N4O2/c1-15-5-7-16(8-6-15)9-10-3-2-4-11(13-10)14-12(17)18/h2-4H,5-9H2,1H3,(H,13,14)(H,17,18). The Morgan fingerprint density at radius 2 is 2.11 bits per heavy atom. The molecular weight excluding hydrogens is 232 g/mol. The molecule has 0 atom stereocenters. The fourth-order valence-corrected chi connectivity index (χ4v) is 1.98. The maximum Gasteiger partial charge on any atom is 0.410 e. The van der Waals surface area contributed by atoms with Gasteiger partial charge in [0.2, 0.25) is 0 Å². The number of carboxylic acid groups (broad SMARTS) is 1. The molecule has 1 amide bonds. The van der Waals surface area contributed by atoms with Crippen LogP contribution in [0.3, 0.4) is 0 Å². The van der Waals surface area contributed by atoms with Gasteiger partial charge in [-0.1, -0.05) is 6.07 Å². The lowest BCUT2D eigenvalue weighted by Gasteiger charge is -2.32. The minimum absolute atomic E-state index is 0.383. The Balaban J connectivity index is 1.94. The lowest BCUT2D eigenvalue weighted by atomic mass is 10.3. The highest BCUT2D eigenvalue weighted by molar-refractivity contribution is 5.81. The van der Waals surface area contributed by atoms with Crippen molar-refractivity contribution in [2.24, 2.45) is 0 Å². The Hall–Kier alpha value is -1.66. The highest BCUT2D eigenvalue weighted by Gasteiger charge is 2.14. The van der Waals surface area contributed by atoms with Gasteiger partial charge in [-0.3, -0.25) is 10.2 Å². The third-order valence-corrected chi connectivity index (χ3v) is 3.02. The van der Waals surface area contributed by atoms with Crippen molar-refractivity contribution in [2.45, 2.75) is 6.54 Å². The second kappa shape index (κ2) is 5.79. The molecule has 2 rings (SSSR count). The fourth-order valence-electron chi connectivity index (χ4n) is 1.98. The lowest BCUT2D eigenvalue weighted by Crippen LogP contribution is -2.44. The van der Waals surface area contributed by atoms with Gasteiger partial charge >= 0.3 is 6.09 Å². The summed E-state index contributed by atoms with van der Waals surface area (Å²) in [6.45, 7) is 4.94. The van der Waals surface area contributed by atoms with Gasteiger partial charge in [0.1, 0.15) is 5.82 Å². The number of likely N-dealkylation sites (N-methyl/N-ethyl adjacent to an activating group) is 1. The van der Waals surface area contributed by atoms with E-state index in [0.29, 0.717) is 5.82 Å². The second-order valence-electron chi connectivity index (χ2n) is 4.52. The Kier molecular flexibility index (Phi) is 4.11. The number of hydrogen-bond acceptors (Lipinski definition) is 4. The summed E-state index contributed by atoms with van der Waals surface area (Å²) in [4.78, 5) is 19.4. The predicted octanol–water partition coefficient (Wildman–Crippen LogP) is 0.919. The van der Waals surface area contributed by atoms with Gasteiger partial charge in [0, 0.05) is 32.7 Å². The van der Waals surface area contributed by atoms with Crippen LogP contribution >= 0.6 is 0 Å². The lowest BCUT2D eigenvalue weighted by molar-refractivity contribution is 0.147. The molecule has 18 heavy (non-hydrogen) atoms. The van der Waals surface area contributed by atoms with E-state index >= 15 is 0 Å². The van der Waals surface area contributed by atoms with Crippen molar-refractivity contribution in [1.82, 2.24) is 14.8 Å². The SMILES string of the molecule is CN1CCN(Cc2cccc(NC(=O)O)n2)CC1. The van der Waals surface area contributed by atoms with Gasteiger partial charge in [-0.25, -0.2) is 9.78 Å². The van der Waals surface area contributed by atoms with Crippen LogP contribution in [0.25, 0.3) is 0 Å². The van der Waals surface area contributed by atoms with Crippen LogP contribution in [0, 0.1) is 0 Å². The number of nitrogens with one attached hydrogen (secondary N) is 1. The normalized spacial score (nSPS) is 17.6. The van der Waals surface area contributed by atoms with E-state index in [1.165, 1.54) is 0 Å². The van der Waals surface area contributed by atoms with Gasteiger partial charge in [0.05, 0.1) is 5.69 Å². The average Bonchev–Trinajstić information content (AvgIpc) is 2.32. The van der Waals surface area contributed by atoms with Gasteiger partial charge in [0.15, 0.2) is 0 Å². The van der Waals surface area contributed by atoms with E-state index in [2.05, 4.69) is 27.1 Å². The third kappa shape index (κ3) is 3.68. The molecule has 1 aromatic heterocycles. The summed E-state index contributed by atoms with van der Waals surface area (Å²) in [6, 6.07) is 5.40. The van der Waals surface area contributed by atoms with Crippen LogP contribution in [0.1, 0.15) is 5.69 Å². The summed E-state index contributed by atoms with van der Waals surface area (Å²) in [7, 11) is 2.12. The van der Waals surface area contributed by atoms with Gasteiger partial charge in [-0.2, -0.15) is 0 Å². The van der Waals surface area contributed by atoms with Crippen LogP contribution in [-0.2, 0) is 6.54 Å². The van der Waals surface area contributed by atoms with Crippen LogP contribution in [0.15, 0.2) is 18.2 Å². The predicted molar refractivity (Wildman–Crippen MR) is 68.7 cm³/mol. The summed E-state index contributed by atoms with van der Waals surface area (Å²) >= 11 is 0. The molecule has 1 aliphatic heterocycles. The average molecular weight is 250 g/mol. The van der Waals surface area contributed by atoms with Crippen molar-refractivity contribution in [3.63, 3.8) is 0 Å². The monoisotopic (exact) mass is 250 g/mol. The molecule has 98 valence electrons. The molecular formula is C12H18N4O2. The summed E-state index contributed by atoms with van der Waals surface area (Å²) in [6.07, 6.45) is -1.08. The van der Waals surface area contributed by atoms with Gasteiger partial charge in [-0.05, 0) is 19.2 Å². The summed E-state index contributed by atoms with van der Waals surface area (Å²) in [5.41, 5.74) is 0.894. The second-order valence-corrected chi connectivity index (χ2v) is 4.52. The molecule has 2 heterocycles. The number of anilines is 1. The van der Waals surface area contributed by atoms with E-state index in [1.807, 2.05) is 12.1 Å². The molecule has 1 aliphatic rings. The molecule has 0 unspecified atom stereocenters. The largest absolute Gasteiger partial charge is 0.465 e. The number of hydrogen-bond donors (Lipinski definition) is 2. The van der Waals surface area contributed by atoms with Crippen molar-refractivity contribution in [2.75, 3.05) is 38.5 Å². The quantitative estimate of drug-likeness (QED) is 0.835. The number of aromatic nitrogens is 1. The molecule has 1 aromatic rings. The molecule has 1 fully saturated rings. The Bertz CT molecular complexity index is 416. The van der Waals surface area contributed by atoms with Crippen LogP contribution in [0.2, 0.25) is 0 Å². The zero-order valence-electron chi connectivity index (χ0n) is 10.5. The molecule has 0 spiro atoms. The molecule has 6 nitrogen and oxygen atoms in total. The molecule has 0 bridgehead atoms. The number of rotatable bonds is 3. The highest BCUT2D eigenvalue weighted by Crippen LogP contribution is 2.09. The maximum absolute atomic E-state index is 10.5. The number of piperazine rings is 1. The first-order chi connectivity index (χ1) is 8.63. The van der Waals surface area contributed by atoms with E-state index in [-0.39, 0.29) is 0 Å². The molecule has 2 N–H and O–H groups in total. The van der Waals surface area contributed by atoms with E-state index in [0.717, 1.165) is 38.4 Å². The van der Waals surface area contributed by atoms with E-state index in [9.17, 15) is 4.79 Å². The molecule has 0 aliphatic carbocycles. The first kappa shape index (κ1) is 12.8. The van der Waals surface area contributed by atoms with Crippen LogP contribution < -0.4 is 5.32 Å². The van der Waals surface area contributed by atoms with Crippen molar-refractivity contribution in [3.05, 3.63) is 23.9 Å². The highest BCUT2D eigenvalue weighted by atomic mass is 16.4. The van der Waals surface area contributed by atoms with Crippen LogP contribution in [-0.4, -0.2) is 59.2 Å². The van der Waals surface area contributed by atoms with Gasteiger partial charge in [0.25, 0.3) is 0 Å². The molecule has 0 saturated carbocycles. The summed E-state index contributed by atoms with van der Waals surface area (Å²) in [5, 5.41) is 10.9. The molecule has 6 heteroatoms. The molecule has 1 saturated heterocycles. The molecule has 0 radical (unpaired) electrons. The first-order valence-corrected chi connectivity index (χ1v) is 6.00. The number of amides is 1. The van der Waals surface area contributed by atoms with Crippen molar-refractivity contribution >= 4 is 11.9 Å².